The first-order valence-corrected chi connectivity index (χ1v) is 5.50. The second-order valence-electron chi connectivity index (χ2n) is 3.75. The van der Waals surface area contributed by atoms with E-state index >= 15 is 0 Å². The molecular weight excluding hydrogens is 246 g/mol. The molecule has 0 saturated carbocycles. The van der Waals surface area contributed by atoms with Gasteiger partial charge in [0.25, 0.3) is 0 Å². The number of amides is 1. The van der Waals surface area contributed by atoms with Gasteiger partial charge in [-0.2, -0.15) is 0 Å². The Kier molecular flexibility index (Phi) is 5.30. The van der Waals surface area contributed by atoms with E-state index in [9.17, 15) is 14.4 Å². The Morgan fingerprint density at radius 3 is 2.37 bits per heavy atom. The van der Waals surface area contributed by atoms with E-state index in [1.165, 1.54) is 14.0 Å². The fourth-order valence-corrected chi connectivity index (χ4v) is 1.24. The largest absolute Gasteiger partial charge is 0.459 e. The van der Waals surface area contributed by atoms with Gasteiger partial charge in [-0.3, -0.25) is 9.59 Å². The molecule has 0 heterocycles. The number of benzene rings is 1. The van der Waals surface area contributed by atoms with Crippen molar-refractivity contribution in [2.24, 2.45) is 0 Å². The average Bonchev–Trinajstić information content (AvgIpc) is 2.36. The first kappa shape index (κ1) is 14.5. The number of rotatable bonds is 3. The second-order valence-corrected chi connectivity index (χ2v) is 3.75. The van der Waals surface area contributed by atoms with E-state index in [-0.39, 0.29) is 18.1 Å². The van der Waals surface area contributed by atoms with E-state index in [0.29, 0.717) is 11.3 Å². The number of anilines is 1. The molecule has 5 heteroatoms. The molecule has 0 spiro atoms. The van der Waals surface area contributed by atoms with Crippen molar-refractivity contribution in [3.8, 4) is 11.8 Å². The van der Waals surface area contributed by atoms with Crippen LogP contribution < -0.4 is 5.32 Å². The van der Waals surface area contributed by atoms with Crippen molar-refractivity contribution in [3.05, 3.63) is 29.8 Å². The quantitative estimate of drug-likeness (QED) is 0.501. The van der Waals surface area contributed by atoms with Gasteiger partial charge in [-0.25, -0.2) is 4.79 Å². The standard InChI is InChI=1S/C14H13NO4/c1-10(16)9-13(17)15-12-6-3-11(4-7-12)5-8-14(18)19-2/h3-4,6-7H,9H2,1-2H3,(H,15,17). The van der Waals surface area contributed by atoms with E-state index in [0.717, 1.165) is 0 Å². The van der Waals surface area contributed by atoms with Crippen LogP contribution in [-0.2, 0) is 19.1 Å². The first-order valence-electron chi connectivity index (χ1n) is 5.50. The van der Waals surface area contributed by atoms with Gasteiger partial charge >= 0.3 is 5.97 Å². The fourth-order valence-electron chi connectivity index (χ4n) is 1.24. The summed E-state index contributed by atoms with van der Waals surface area (Å²) in [7, 11) is 1.25. The van der Waals surface area contributed by atoms with Crippen molar-refractivity contribution in [1.82, 2.24) is 0 Å². The molecule has 1 N–H and O–H groups in total. The van der Waals surface area contributed by atoms with Gasteiger partial charge in [-0.1, -0.05) is 5.92 Å². The number of ketones is 1. The Bertz CT molecular complexity index is 549. The summed E-state index contributed by atoms with van der Waals surface area (Å²) in [4.78, 5) is 32.9. The molecule has 98 valence electrons. The van der Waals surface area contributed by atoms with Crippen LogP contribution in [0.15, 0.2) is 24.3 Å². The lowest BCUT2D eigenvalue weighted by Gasteiger charge is -2.03. The Morgan fingerprint density at radius 2 is 1.84 bits per heavy atom. The number of methoxy groups -OCH3 is 1. The predicted octanol–water partition coefficient (Wildman–Crippen LogP) is 1.13. The molecule has 5 nitrogen and oxygen atoms in total. The Labute approximate surface area is 110 Å². The molecule has 0 aromatic heterocycles. The minimum atomic E-state index is -0.612. The molecule has 1 rings (SSSR count). The third-order valence-corrected chi connectivity index (χ3v) is 2.07. The van der Waals surface area contributed by atoms with Gasteiger partial charge in [0, 0.05) is 17.2 Å². The van der Waals surface area contributed by atoms with Gasteiger partial charge in [-0.05, 0) is 31.2 Å². The van der Waals surface area contributed by atoms with Gasteiger partial charge in [0.05, 0.1) is 13.5 Å². The summed E-state index contributed by atoms with van der Waals surface area (Å²) in [6, 6.07) is 6.58. The maximum Gasteiger partial charge on any atom is 0.384 e. The summed E-state index contributed by atoms with van der Waals surface area (Å²) in [6.45, 7) is 1.35. The molecule has 0 fully saturated rings. The summed E-state index contributed by atoms with van der Waals surface area (Å²) >= 11 is 0. The lowest BCUT2D eigenvalue weighted by molar-refractivity contribution is -0.133. The lowest BCUT2D eigenvalue weighted by atomic mass is 10.2. The van der Waals surface area contributed by atoms with E-state index in [1.54, 1.807) is 24.3 Å². The van der Waals surface area contributed by atoms with Gasteiger partial charge in [0.2, 0.25) is 5.91 Å². The molecule has 0 radical (unpaired) electrons. The molecule has 1 aromatic carbocycles. The lowest BCUT2D eigenvalue weighted by Crippen LogP contribution is -2.14. The van der Waals surface area contributed by atoms with Crippen LogP contribution in [0.25, 0.3) is 0 Å². The molecule has 1 aromatic rings. The molecular formula is C14H13NO4. The zero-order chi connectivity index (χ0) is 14.3. The zero-order valence-electron chi connectivity index (χ0n) is 10.6. The van der Waals surface area contributed by atoms with Crippen molar-refractivity contribution >= 4 is 23.3 Å². The number of carbonyl (C=O) groups excluding carboxylic acids is 3. The maximum absolute atomic E-state index is 11.3. The fraction of sp³-hybridized carbons (Fsp3) is 0.214. The summed E-state index contributed by atoms with van der Waals surface area (Å²) in [5, 5.41) is 2.58. The van der Waals surface area contributed by atoms with Crippen LogP contribution in [0, 0.1) is 11.8 Å². The highest BCUT2D eigenvalue weighted by atomic mass is 16.5. The minimum absolute atomic E-state index is 0.149. The average molecular weight is 259 g/mol. The molecule has 0 saturated heterocycles. The van der Waals surface area contributed by atoms with Crippen LogP contribution in [0.2, 0.25) is 0 Å². The number of hydrogen-bond acceptors (Lipinski definition) is 4. The van der Waals surface area contributed by atoms with Crippen LogP contribution >= 0.6 is 0 Å². The van der Waals surface area contributed by atoms with E-state index in [4.69, 9.17) is 0 Å². The molecule has 1 amide bonds. The number of carbonyl (C=O) groups is 3. The number of hydrogen-bond donors (Lipinski definition) is 1. The van der Waals surface area contributed by atoms with E-state index < -0.39 is 5.97 Å². The van der Waals surface area contributed by atoms with Crippen LogP contribution in [0.4, 0.5) is 5.69 Å². The third kappa shape index (κ3) is 5.50. The Hall–Kier alpha value is -2.61. The zero-order valence-corrected chi connectivity index (χ0v) is 10.6. The van der Waals surface area contributed by atoms with E-state index in [2.05, 4.69) is 21.9 Å². The smallest absolute Gasteiger partial charge is 0.384 e. The monoisotopic (exact) mass is 259 g/mol. The van der Waals surface area contributed by atoms with Crippen molar-refractivity contribution in [3.63, 3.8) is 0 Å². The SMILES string of the molecule is COC(=O)C#Cc1ccc(NC(=O)CC(C)=O)cc1. The van der Waals surface area contributed by atoms with Gasteiger partial charge in [0.1, 0.15) is 5.78 Å². The van der Waals surface area contributed by atoms with Gasteiger partial charge < -0.3 is 10.1 Å². The highest BCUT2D eigenvalue weighted by Crippen LogP contribution is 2.09. The normalized spacial score (nSPS) is 8.95. The Morgan fingerprint density at radius 1 is 1.21 bits per heavy atom. The molecule has 0 unspecified atom stereocenters. The molecule has 0 aliphatic rings. The van der Waals surface area contributed by atoms with Gasteiger partial charge in [-0.15, -0.1) is 0 Å². The van der Waals surface area contributed by atoms with Crippen molar-refractivity contribution in [2.45, 2.75) is 13.3 Å². The van der Waals surface area contributed by atoms with E-state index in [1.807, 2.05) is 0 Å². The second kappa shape index (κ2) is 6.97. The molecule has 0 aliphatic heterocycles. The van der Waals surface area contributed by atoms with Crippen molar-refractivity contribution in [1.29, 1.82) is 0 Å². The maximum atomic E-state index is 11.3. The predicted molar refractivity (Wildman–Crippen MR) is 69.3 cm³/mol. The molecule has 0 atom stereocenters. The molecule has 19 heavy (non-hydrogen) atoms. The van der Waals surface area contributed by atoms with Crippen LogP contribution in [0.3, 0.4) is 0 Å². The Balaban J connectivity index is 2.65. The van der Waals surface area contributed by atoms with Crippen LogP contribution in [0.1, 0.15) is 18.9 Å². The molecule has 0 aliphatic carbocycles. The number of Topliss-reactive ketones (excluding diaryl/α,β-unsaturated/α-hetero) is 1. The first-order chi connectivity index (χ1) is 9.01. The summed E-state index contributed by atoms with van der Waals surface area (Å²) in [5.41, 5.74) is 1.19. The summed E-state index contributed by atoms with van der Waals surface area (Å²) in [6.07, 6.45) is -0.149. The minimum Gasteiger partial charge on any atom is -0.459 e. The van der Waals surface area contributed by atoms with Crippen LogP contribution in [-0.4, -0.2) is 24.8 Å². The molecule has 0 bridgehead atoms. The topological polar surface area (TPSA) is 72.5 Å². The number of ether oxygens (including phenoxy) is 1. The number of esters is 1. The highest BCUT2D eigenvalue weighted by molar-refractivity contribution is 6.03. The van der Waals surface area contributed by atoms with Crippen LogP contribution in [0.5, 0.6) is 0 Å². The summed E-state index contributed by atoms with van der Waals surface area (Å²) in [5.74, 6) is 3.74. The van der Waals surface area contributed by atoms with Crippen molar-refractivity contribution in [2.75, 3.05) is 12.4 Å². The summed E-state index contributed by atoms with van der Waals surface area (Å²) < 4.78 is 4.38. The third-order valence-electron chi connectivity index (χ3n) is 2.07. The highest BCUT2D eigenvalue weighted by Gasteiger charge is 2.04. The van der Waals surface area contributed by atoms with Gasteiger partial charge in [0.15, 0.2) is 0 Å². The van der Waals surface area contributed by atoms with Crippen molar-refractivity contribution < 1.29 is 19.1 Å². The number of nitrogens with one attached hydrogen (secondary N) is 1.